The van der Waals surface area contributed by atoms with Crippen molar-refractivity contribution in [1.82, 2.24) is 4.90 Å². The SMILES string of the molecule is CN(C1CC1)[C@H]1CC[C@H]2[C@@H]3CC=C4C(F)(F)[C@@H](O)CC[C@]4(C)[C@H]3CC[C@]12C. The second-order valence-corrected chi connectivity index (χ2v) is 10.9. The summed E-state index contributed by atoms with van der Waals surface area (Å²) in [6, 6.07) is 1.46. The Morgan fingerprint density at radius 1 is 1.00 bits per heavy atom. The van der Waals surface area contributed by atoms with Crippen LogP contribution in [0.1, 0.15) is 71.6 Å². The Morgan fingerprint density at radius 2 is 1.74 bits per heavy atom. The molecule has 0 aliphatic heterocycles. The smallest absolute Gasteiger partial charge is 0.295 e. The predicted molar refractivity (Wildman–Crippen MR) is 103 cm³/mol. The maximum atomic E-state index is 14.8. The molecule has 0 heterocycles. The van der Waals surface area contributed by atoms with Crippen LogP contribution in [0.4, 0.5) is 8.78 Å². The molecule has 5 aliphatic rings. The van der Waals surface area contributed by atoms with E-state index in [1.165, 1.54) is 32.1 Å². The lowest BCUT2D eigenvalue weighted by molar-refractivity contribution is -0.142. The minimum Gasteiger partial charge on any atom is -0.386 e. The Kier molecular flexibility index (Phi) is 3.97. The van der Waals surface area contributed by atoms with Crippen molar-refractivity contribution in [3.63, 3.8) is 0 Å². The van der Waals surface area contributed by atoms with Gasteiger partial charge in [-0.15, -0.1) is 0 Å². The molecule has 4 fully saturated rings. The van der Waals surface area contributed by atoms with Gasteiger partial charge in [-0.05, 0) is 93.4 Å². The molecule has 5 aliphatic carbocycles. The summed E-state index contributed by atoms with van der Waals surface area (Å²) in [7, 11) is 2.32. The third kappa shape index (κ3) is 2.41. The summed E-state index contributed by atoms with van der Waals surface area (Å²) >= 11 is 0. The molecule has 0 radical (unpaired) electrons. The van der Waals surface area contributed by atoms with Crippen LogP contribution in [-0.4, -0.2) is 41.2 Å². The number of nitrogens with zero attached hydrogens (tertiary/aromatic N) is 1. The fourth-order valence-electron chi connectivity index (χ4n) is 8.11. The molecule has 0 saturated heterocycles. The van der Waals surface area contributed by atoms with Gasteiger partial charge in [0, 0.05) is 17.7 Å². The van der Waals surface area contributed by atoms with Gasteiger partial charge >= 0.3 is 0 Å². The van der Waals surface area contributed by atoms with Gasteiger partial charge < -0.3 is 5.11 Å². The Bertz CT molecular complexity index is 659. The van der Waals surface area contributed by atoms with Gasteiger partial charge in [0.15, 0.2) is 0 Å². The number of alkyl halides is 2. The van der Waals surface area contributed by atoms with E-state index in [1.54, 1.807) is 0 Å². The Balaban J connectivity index is 1.46. The number of halogens is 2. The minimum absolute atomic E-state index is 0.235. The number of hydrogen-bond donors (Lipinski definition) is 1. The van der Waals surface area contributed by atoms with Crippen LogP contribution in [0.25, 0.3) is 0 Å². The highest BCUT2D eigenvalue weighted by molar-refractivity contribution is 5.32. The van der Waals surface area contributed by atoms with E-state index in [0.29, 0.717) is 35.6 Å². The first-order valence-corrected chi connectivity index (χ1v) is 11.2. The van der Waals surface area contributed by atoms with Crippen molar-refractivity contribution in [2.24, 2.45) is 28.6 Å². The van der Waals surface area contributed by atoms with Crippen molar-refractivity contribution >= 4 is 0 Å². The standard InChI is InChI=1S/C23H35F2NO/c1-21-13-11-20(27)23(24,25)18(21)8-6-15-16-7-9-19(26(3)14-4-5-14)22(16,2)12-10-17(15)21/h8,14-17,19-20,27H,4-7,9-13H2,1-3H3/t15-,16-,17-,19-,20-,21+,22-/m0/s1. The van der Waals surface area contributed by atoms with Crippen molar-refractivity contribution in [3.05, 3.63) is 11.6 Å². The Labute approximate surface area is 162 Å². The highest BCUT2D eigenvalue weighted by Crippen LogP contribution is 2.67. The van der Waals surface area contributed by atoms with Gasteiger partial charge in [-0.2, -0.15) is 8.78 Å². The number of hydrogen-bond acceptors (Lipinski definition) is 2. The highest BCUT2D eigenvalue weighted by Gasteiger charge is 2.64. The third-order valence-electron chi connectivity index (χ3n) is 9.74. The second kappa shape index (κ2) is 5.78. The van der Waals surface area contributed by atoms with E-state index in [-0.39, 0.29) is 12.0 Å². The van der Waals surface area contributed by atoms with Gasteiger partial charge in [0.25, 0.3) is 5.92 Å². The largest absolute Gasteiger partial charge is 0.386 e. The summed E-state index contributed by atoms with van der Waals surface area (Å²) in [6.45, 7) is 4.59. The molecule has 0 amide bonds. The summed E-state index contributed by atoms with van der Waals surface area (Å²) in [5.41, 5.74) is 0.188. The zero-order valence-electron chi connectivity index (χ0n) is 17.1. The lowest BCUT2D eigenvalue weighted by atomic mass is 9.47. The lowest BCUT2D eigenvalue weighted by Gasteiger charge is -2.59. The van der Waals surface area contributed by atoms with Gasteiger partial charge in [-0.25, -0.2) is 0 Å². The number of fused-ring (bicyclic) bond motifs is 5. The molecule has 7 atom stereocenters. The summed E-state index contributed by atoms with van der Waals surface area (Å²) in [4.78, 5) is 2.66. The first kappa shape index (κ1) is 18.5. The average Bonchev–Trinajstić information content (AvgIpc) is 3.40. The monoisotopic (exact) mass is 379 g/mol. The van der Waals surface area contributed by atoms with E-state index in [0.717, 1.165) is 18.9 Å². The molecule has 0 spiro atoms. The van der Waals surface area contributed by atoms with Gasteiger partial charge in [-0.1, -0.05) is 19.9 Å². The van der Waals surface area contributed by atoms with Crippen molar-refractivity contribution in [2.45, 2.75) is 95.7 Å². The van der Waals surface area contributed by atoms with Gasteiger partial charge in [0.1, 0.15) is 6.10 Å². The van der Waals surface area contributed by atoms with Crippen molar-refractivity contribution in [2.75, 3.05) is 7.05 Å². The van der Waals surface area contributed by atoms with Crippen LogP contribution in [0.3, 0.4) is 0 Å². The Hall–Kier alpha value is -0.480. The fraction of sp³-hybridized carbons (Fsp3) is 0.913. The van der Waals surface area contributed by atoms with Crippen molar-refractivity contribution < 1.29 is 13.9 Å². The zero-order chi connectivity index (χ0) is 19.2. The van der Waals surface area contributed by atoms with Crippen molar-refractivity contribution in [1.29, 1.82) is 0 Å². The number of rotatable bonds is 2. The zero-order valence-corrected chi connectivity index (χ0v) is 17.1. The van der Waals surface area contributed by atoms with Crippen LogP contribution in [0, 0.1) is 28.6 Å². The van der Waals surface area contributed by atoms with Crippen LogP contribution in [0.2, 0.25) is 0 Å². The van der Waals surface area contributed by atoms with Crippen LogP contribution >= 0.6 is 0 Å². The normalized spacial score (nSPS) is 51.4. The fourth-order valence-corrected chi connectivity index (χ4v) is 8.11. The maximum absolute atomic E-state index is 14.8. The molecule has 4 saturated carbocycles. The van der Waals surface area contributed by atoms with E-state index in [4.69, 9.17) is 0 Å². The molecule has 152 valence electrons. The molecule has 27 heavy (non-hydrogen) atoms. The van der Waals surface area contributed by atoms with E-state index < -0.39 is 17.4 Å². The van der Waals surface area contributed by atoms with Gasteiger partial charge in [-0.3, -0.25) is 4.90 Å². The highest BCUT2D eigenvalue weighted by atomic mass is 19.3. The first-order chi connectivity index (χ1) is 12.7. The van der Waals surface area contributed by atoms with E-state index in [1.807, 2.05) is 6.08 Å². The molecule has 1 N–H and O–H groups in total. The maximum Gasteiger partial charge on any atom is 0.295 e. The molecule has 0 aromatic carbocycles. The van der Waals surface area contributed by atoms with Crippen LogP contribution in [-0.2, 0) is 0 Å². The Morgan fingerprint density at radius 3 is 2.44 bits per heavy atom. The van der Waals surface area contributed by atoms with Crippen molar-refractivity contribution in [3.8, 4) is 0 Å². The molecule has 0 aromatic rings. The van der Waals surface area contributed by atoms with Crippen LogP contribution < -0.4 is 0 Å². The topological polar surface area (TPSA) is 23.5 Å². The summed E-state index contributed by atoms with van der Waals surface area (Å²) in [6.07, 6.45) is 9.59. The molecule has 0 aromatic heterocycles. The van der Waals surface area contributed by atoms with Crippen LogP contribution in [0.5, 0.6) is 0 Å². The summed E-state index contributed by atoms with van der Waals surface area (Å²) in [5.74, 6) is -1.47. The molecule has 4 heteroatoms. The van der Waals surface area contributed by atoms with E-state index in [9.17, 15) is 13.9 Å². The lowest BCUT2D eigenvalue weighted by Crippen LogP contribution is -2.57. The second-order valence-electron chi connectivity index (χ2n) is 10.9. The number of aliphatic hydroxyl groups is 1. The van der Waals surface area contributed by atoms with Gasteiger partial charge in [0.05, 0.1) is 0 Å². The van der Waals surface area contributed by atoms with E-state index in [2.05, 4.69) is 25.8 Å². The quantitative estimate of drug-likeness (QED) is 0.681. The molecule has 5 rings (SSSR count). The molecule has 0 bridgehead atoms. The first-order valence-electron chi connectivity index (χ1n) is 11.2. The molecular formula is C23H35F2NO. The predicted octanol–water partition coefficient (Wildman–Crippen LogP) is 5.02. The summed E-state index contributed by atoms with van der Waals surface area (Å²) < 4.78 is 29.6. The number of allylic oxidation sites excluding steroid dienone is 1. The third-order valence-corrected chi connectivity index (χ3v) is 9.74. The summed E-state index contributed by atoms with van der Waals surface area (Å²) in [5, 5.41) is 9.93. The number of aliphatic hydroxyl groups excluding tert-OH is 1. The minimum atomic E-state index is -3.04. The van der Waals surface area contributed by atoms with Crippen LogP contribution in [0.15, 0.2) is 11.6 Å². The van der Waals surface area contributed by atoms with E-state index >= 15 is 0 Å². The molecule has 2 nitrogen and oxygen atoms in total. The average molecular weight is 380 g/mol. The van der Waals surface area contributed by atoms with Gasteiger partial charge in [0.2, 0.25) is 0 Å². The molecule has 0 unspecified atom stereocenters. The molecular weight excluding hydrogens is 344 g/mol.